The van der Waals surface area contributed by atoms with Gasteiger partial charge in [-0.1, -0.05) is 11.3 Å². The van der Waals surface area contributed by atoms with Gasteiger partial charge in [0.25, 0.3) is 5.91 Å². The molecule has 0 radical (unpaired) electrons. The predicted octanol–water partition coefficient (Wildman–Crippen LogP) is 3.48. The molecule has 9 nitrogen and oxygen atoms in total. The maximum atomic E-state index is 14.5. The number of carbonyl (C=O) groups excluding carboxylic acids is 2. The van der Waals surface area contributed by atoms with E-state index in [2.05, 4.69) is 9.97 Å². The maximum absolute atomic E-state index is 14.5. The molecule has 2 atom stereocenters. The summed E-state index contributed by atoms with van der Waals surface area (Å²) in [6.07, 6.45) is -5.51. The van der Waals surface area contributed by atoms with Crippen LogP contribution in [-0.4, -0.2) is 52.9 Å². The van der Waals surface area contributed by atoms with Gasteiger partial charge in [-0.05, 0) is 42.5 Å². The second-order valence-electron chi connectivity index (χ2n) is 9.51. The fourth-order valence-electron chi connectivity index (χ4n) is 4.49. The Hall–Kier alpha value is -4.44. The number of fused-ring (bicyclic) bond motifs is 2. The zero-order valence-electron chi connectivity index (χ0n) is 21.1. The Bertz CT molecular complexity index is 1730. The molecule has 1 aliphatic heterocycles. The van der Waals surface area contributed by atoms with E-state index < -0.39 is 71.7 Å². The molecule has 0 unspecified atom stereocenters. The Morgan fingerprint density at radius 3 is 2.43 bits per heavy atom. The minimum atomic E-state index is -5.51. The lowest BCUT2D eigenvalue weighted by Gasteiger charge is -2.31. The van der Waals surface area contributed by atoms with Crippen LogP contribution in [0.3, 0.4) is 0 Å². The van der Waals surface area contributed by atoms with E-state index in [1.165, 1.54) is 0 Å². The second-order valence-corrected chi connectivity index (χ2v) is 10.6. The first-order valence-corrected chi connectivity index (χ1v) is 12.8. The van der Waals surface area contributed by atoms with Gasteiger partial charge in [0.15, 0.2) is 10.9 Å². The summed E-state index contributed by atoms with van der Waals surface area (Å²) >= 11 is 0.842. The lowest BCUT2D eigenvalue weighted by molar-refractivity contribution is -0.265. The number of nitrogen functional groups attached to an aromatic ring is 1. The molecule has 5 rings (SSSR count). The smallest absolute Gasteiger partial charge is 0.424 e. The van der Waals surface area contributed by atoms with E-state index in [0.717, 1.165) is 47.7 Å². The first-order valence-electron chi connectivity index (χ1n) is 11.9. The topological polar surface area (TPSA) is 153 Å². The van der Waals surface area contributed by atoms with E-state index >= 15 is 0 Å². The van der Waals surface area contributed by atoms with E-state index in [4.69, 9.17) is 16.2 Å². The van der Waals surface area contributed by atoms with Crippen molar-refractivity contribution in [1.82, 2.24) is 15.3 Å². The SMILES string of the molecule is NC(=O)[C@]1(CF)COc2c1cc([C@@](O)(CNC(=O)c1cc(F)c3nc(N)sc3c1)C(F)(F)F)nc2-c1ccc(F)cc1. The number of nitrogens with two attached hydrogens (primary N) is 2. The summed E-state index contributed by atoms with van der Waals surface area (Å²) in [4.78, 5) is 32.8. The summed E-state index contributed by atoms with van der Waals surface area (Å²) in [7, 11) is 0. The average Bonchev–Trinajstić information content (AvgIpc) is 3.51. The number of primary amides is 1. The molecule has 2 aromatic carbocycles. The number of ether oxygens (including phenoxy) is 1. The van der Waals surface area contributed by atoms with Crippen LogP contribution in [0.5, 0.6) is 5.75 Å². The number of aliphatic hydroxyl groups is 1. The molecule has 2 amide bonds. The highest BCUT2D eigenvalue weighted by Crippen LogP contribution is 2.48. The summed E-state index contributed by atoms with van der Waals surface area (Å²) in [5, 5.41) is 13.0. The molecule has 1 aliphatic rings. The van der Waals surface area contributed by atoms with Gasteiger partial charge in [-0.2, -0.15) is 13.2 Å². The highest BCUT2D eigenvalue weighted by molar-refractivity contribution is 7.22. The monoisotopic (exact) mass is 611 g/mol. The van der Waals surface area contributed by atoms with Crippen molar-refractivity contribution in [3.63, 3.8) is 0 Å². The van der Waals surface area contributed by atoms with Crippen LogP contribution in [0.2, 0.25) is 0 Å². The number of nitrogens with zero attached hydrogens (tertiary/aromatic N) is 2. The largest absolute Gasteiger partial charge is 0.489 e. The number of rotatable bonds is 7. The minimum absolute atomic E-state index is 0.00292. The third kappa shape index (κ3) is 4.65. The first-order chi connectivity index (χ1) is 19.7. The van der Waals surface area contributed by atoms with Crippen LogP contribution in [0.25, 0.3) is 21.5 Å². The van der Waals surface area contributed by atoms with E-state index in [1.807, 2.05) is 5.32 Å². The van der Waals surface area contributed by atoms with Crippen molar-refractivity contribution in [2.75, 3.05) is 25.6 Å². The molecule has 42 heavy (non-hydrogen) atoms. The molecule has 0 fully saturated rings. The molecule has 6 N–H and O–H groups in total. The Balaban J connectivity index is 1.61. The Kier molecular flexibility index (Phi) is 7.01. The number of alkyl halides is 4. The van der Waals surface area contributed by atoms with E-state index in [1.54, 1.807) is 0 Å². The zero-order chi connectivity index (χ0) is 30.6. The molecule has 0 saturated heterocycles. The molecule has 0 spiro atoms. The zero-order valence-corrected chi connectivity index (χ0v) is 21.9. The molecule has 2 aromatic heterocycles. The molecule has 4 aromatic rings. The fourth-order valence-corrected chi connectivity index (χ4v) is 5.27. The van der Waals surface area contributed by atoms with Crippen molar-refractivity contribution < 1.29 is 45.8 Å². The van der Waals surface area contributed by atoms with Crippen molar-refractivity contribution in [1.29, 1.82) is 0 Å². The van der Waals surface area contributed by atoms with Crippen molar-refractivity contribution in [3.8, 4) is 17.0 Å². The summed E-state index contributed by atoms with van der Waals surface area (Å²) in [6, 6.07) is 6.78. The minimum Gasteiger partial charge on any atom is -0.489 e. The highest BCUT2D eigenvalue weighted by Gasteiger charge is 2.58. The fraction of sp³-hybridized carbons (Fsp3) is 0.231. The van der Waals surface area contributed by atoms with Crippen molar-refractivity contribution in [2.24, 2.45) is 5.73 Å². The van der Waals surface area contributed by atoms with E-state index in [9.17, 15) is 41.0 Å². The van der Waals surface area contributed by atoms with Crippen LogP contribution >= 0.6 is 11.3 Å². The average molecular weight is 612 g/mol. The van der Waals surface area contributed by atoms with Gasteiger partial charge < -0.3 is 26.6 Å². The van der Waals surface area contributed by atoms with Gasteiger partial charge in [0.05, 0.1) is 16.9 Å². The number of amides is 2. The van der Waals surface area contributed by atoms with Gasteiger partial charge in [-0.15, -0.1) is 0 Å². The Labute approximate surface area is 236 Å². The number of hydrogen-bond donors (Lipinski definition) is 4. The van der Waals surface area contributed by atoms with Gasteiger partial charge in [0.1, 0.15) is 41.5 Å². The van der Waals surface area contributed by atoms with E-state index in [-0.39, 0.29) is 37.9 Å². The molecular weight excluding hydrogens is 592 g/mol. The third-order valence-electron chi connectivity index (χ3n) is 6.89. The number of pyridine rings is 1. The van der Waals surface area contributed by atoms with Gasteiger partial charge in [0, 0.05) is 16.7 Å². The molecular formula is C26H19F6N5O4S. The third-order valence-corrected chi connectivity index (χ3v) is 7.73. The van der Waals surface area contributed by atoms with Crippen LogP contribution < -0.4 is 21.5 Å². The van der Waals surface area contributed by atoms with Crippen molar-refractivity contribution >= 4 is 38.5 Å². The number of halogens is 6. The standard InChI is InChI=1S/C26H19F6N5O4S/c27-8-24(22(33)39)10-41-20-14(24)7-17(36-18(20)11-1-3-13(28)4-2-11)25(40,26(30,31)32)9-35-21(38)12-5-15(29)19-16(6-12)42-23(34)37-19/h1-7,40H,8-10H2,(H2,33,39)(H2,34,37)(H,35,38)/t24-,25+/m1/s1. The Morgan fingerprint density at radius 2 is 1.81 bits per heavy atom. The Morgan fingerprint density at radius 1 is 1.12 bits per heavy atom. The first kappa shape index (κ1) is 29.1. The molecule has 3 heterocycles. The maximum Gasteiger partial charge on any atom is 0.424 e. The molecule has 0 saturated carbocycles. The van der Waals surface area contributed by atoms with Crippen molar-refractivity contribution in [2.45, 2.75) is 17.2 Å². The summed E-state index contributed by atoms with van der Waals surface area (Å²) < 4.78 is 91.5. The van der Waals surface area contributed by atoms with Gasteiger partial charge in [-0.3, -0.25) is 9.59 Å². The van der Waals surface area contributed by atoms with Gasteiger partial charge >= 0.3 is 6.18 Å². The molecule has 0 bridgehead atoms. The normalized spacial score (nSPS) is 17.9. The number of nitrogens with one attached hydrogen (secondary N) is 1. The summed E-state index contributed by atoms with van der Waals surface area (Å²) in [5.74, 6) is -4.37. The van der Waals surface area contributed by atoms with Crippen LogP contribution in [0, 0.1) is 11.6 Å². The summed E-state index contributed by atoms with van der Waals surface area (Å²) in [5.41, 5.74) is 2.37. The number of anilines is 1. The van der Waals surface area contributed by atoms with Crippen LogP contribution in [-0.2, 0) is 15.8 Å². The highest BCUT2D eigenvalue weighted by atomic mass is 32.1. The van der Waals surface area contributed by atoms with Crippen LogP contribution in [0.1, 0.15) is 21.6 Å². The predicted molar refractivity (Wildman–Crippen MR) is 138 cm³/mol. The number of benzene rings is 2. The number of thiazole rings is 1. The lowest BCUT2D eigenvalue weighted by atomic mass is 9.81. The molecule has 0 aliphatic carbocycles. The van der Waals surface area contributed by atoms with Crippen molar-refractivity contribution in [3.05, 3.63) is 70.9 Å². The van der Waals surface area contributed by atoms with Gasteiger partial charge in [0.2, 0.25) is 11.5 Å². The number of hydrogen-bond acceptors (Lipinski definition) is 8. The molecule has 16 heteroatoms. The number of carbonyl (C=O) groups is 2. The number of aromatic nitrogens is 2. The quantitative estimate of drug-likeness (QED) is 0.234. The lowest BCUT2D eigenvalue weighted by Crippen LogP contribution is -2.52. The van der Waals surface area contributed by atoms with E-state index in [0.29, 0.717) is 6.07 Å². The second kappa shape index (κ2) is 10.1. The van der Waals surface area contributed by atoms with Gasteiger partial charge in [-0.25, -0.2) is 23.1 Å². The van der Waals surface area contributed by atoms with Crippen LogP contribution in [0.4, 0.5) is 31.5 Å². The molecule has 220 valence electrons. The summed E-state index contributed by atoms with van der Waals surface area (Å²) in [6.45, 7) is -3.67. The van der Waals surface area contributed by atoms with Crippen LogP contribution in [0.15, 0.2) is 42.5 Å².